The highest BCUT2D eigenvalue weighted by Gasteiger charge is 2.33. The molecule has 3 N–H and O–H groups in total. The first-order valence-corrected chi connectivity index (χ1v) is 6.56. The topological polar surface area (TPSA) is 68.0 Å². The molecule has 0 aliphatic carbocycles. The van der Waals surface area contributed by atoms with E-state index in [1.165, 1.54) is 0 Å². The van der Waals surface area contributed by atoms with Gasteiger partial charge in [0.25, 0.3) is 0 Å². The van der Waals surface area contributed by atoms with Crippen molar-refractivity contribution in [2.75, 3.05) is 5.32 Å². The Labute approximate surface area is 120 Å². The molecule has 1 aromatic carbocycles. The molecule has 0 bridgehead atoms. The number of halogens is 1. The number of carbonyl (C=O) groups is 1. The first kappa shape index (κ1) is 13.5. The van der Waals surface area contributed by atoms with Crippen LogP contribution in [0.15, 0.2) is 53.3 Å². The number of pyridine rings is 1. The molecule has 2 rings (SSSR count). The minimum Gasteiger partial charge on any atom is -0.368 e. The van der Waals surface area contributed by atoms with E-state index in [-0.39, 0.29) is 0 Å². The van der Waals surface area contributed by atoms with E-state index in [1.807, 2.05) is 30.3 Å². The van der Waals surface area contributed by atoms with Crippen LogP contribution in [-0.2, 0) is 10.3 Å². The average Bonchev–Trinajstić information content (AvgIpc) is 2.39. The molecule has 0 saturated heterocycles. The van der Waals surface area contributed by atoms with Gasteiger partial charge in [0.05, 0.1) is 0 Å². The number of primary amides is 1. The predicted molar refractivity (Wildman–Crippen MR) is 78.5 cm³/mol. The van der Waals surface area contributed by atoms with Gasteiger partial charge in [-0.1, -0.05) is 28.1 Å². The SMILES string of the molecule is CC(Nc1cccc(Br)c1)(C(N)=O)c1cccnc1. The summed E-state index contributed by atoms with van der Waals surface area (Å²) >= 11 is 3.39. The first-order chi connectivity index (χ1) is 9.02. The normalized spacial score (nSPS) is 13.6. The number of anilines is 1. The Kier molecular flexibility index (Phi) is 3.85. The summed E-state index contributed by atoms with van der Waals surface area (Å²) in [6, 6.07) is 11.2. The zero-order valence-corrected chi connectivity index (χ0v) is 12.0. The van der Waals surface area contributed by atoms with Gasteiger partial charge in [-0.15, -0.1) is 0 Å². The summed E-state index contributed by atoms with van der Waals surface area (Å²) in [6.07, 6.45) is 3.29. The van der Waals surface area contributed by atoms with Crippen molar-refractivity contribution in [3.05, 3.63) is 58.8 Å². The summed E-state index contributed by atoms with van der Waals surface area (Å²) in [5, 5.41) is 3.17. The Bertz CT molecular complexity index is 588. The highest BCUT2D eigenvalue weighted by atomic mass is 79.9. The summed E-state index contributed by atoms with van der Waals surface area (Å²) in [7, 11) is 0. The van der Waals surface area contributed by atoms with Gasteiger partial charge >= 0.3 is 0 Å². The number of nitrogens with one attached hydrogen (secondary N) is 1. The van der Waals surface area contributed by atoms with Crippen molar-refractivity contribution in [2.24, 2.45) is 5.73 Å². The number of hydrogen-bond donors (Lipinski definition) is 2. The smallest absolute Gasteiger partial charge is 0.247 e. The summed E-state index contributed by atoms with van der Waals surface area (Å²) in [5.41, 5.74) is 6.07. The fourth-order valence-electron chi connectivity index (χ4n) is 1.79. The van der Waals surface area contributed by atoms with E-state index in [9.17, 15) is 4.79 Å². The fraction of sp³-hybridized carbons (Fsp3) is 0.143. The van der Waals surface area contributed by atoms with E-state index in [0.717, 1.165) is 15.7 Å². The van der Waals surface area contributed by atoms with Crippen molar-refractivity contribution < 1.29 is 4.79 Å². The van der Waals surface area contributed by atoms with E-state index in [1.54, 1.807) is 25.4 Å². The monoisotopic (exact) mass is 319 g/mol. The van der Waals surface area contributed by atoms with Gasteiger partial charge in [-0.3, -0.25) is 9.78 Å². The predicted octanol–water partition coefficient (Wildman–Crippen LogP) is 2.66. The Morgan fingerprint density at radius 3 is 2.74 bits per heavy atom. The Balaban J connectivity index is 2.39. The van der Waals surface area contributed by atoms with E-state index in [2.05, 4.69) is 26.2 Å². The van der Waals surface area contributed by atoms with E-state index in [0.29, 0.717) is 0 Å². The summed E-state index contributed by atoms with van der Waals surface area (Å²) in [6.45, 7) is 1.74. The van der Waals surface area contributed by atoms with Crippen molar-refractivity contribution in [1.29, 1.82) is 0 Å². The zero-order chi connectivity index (χ0) is 13.9. The van der Waals surface area contributed by atoms with E-state index < -0.39 is 11.4 Å². The van der Waals surface area contributed by atoms with Gasteiger partial charge in [-0.25, -0.2) is 0 Å². The van der Waals surface area contributed by atoms with Crippen LogP contribution in [0.5, 0.6) is 0 Å². The molecule has 1 heterocycles. The molecule has 5 heteroatoms. The molecule has 1 atom stereocenters. The number of rotatable bonds is 4. The van der Waals surface area contributed by atoms with Crippen LogP contribution in [0.3, 0.4) is 0 Å². The second-order valence-corrected chi connectivity index (χ2v) is 5.28. The van der Waals surface area contributed by atoms with Crippen LogP contribution in [0, 0.1) is 0 Å². The number of amides is 1. The van der Waals surface area contributed by atoms with Gasteiger partial charge in [0.1, 0.15) is 5.54 Å². The third-order valence-electron chi connectivity index (χ3n) is 2.95. The van der Waals surface area contributed by atoms with Crippen LogP contribution in [0.25, 0.3) is 0 Å². The van der Waals surface area contributed by atoms with Crippen LogP contribution < -0.4 is 11.1 Å². The summed E-state index contributed by atoms with van der Waals surface area (Å²) in [5.74, 6) is -0.458. The lowest BCUT2D eigenvalue weighted by Gasteiger charge is -2.28. The van der Waals surface area contributed by atoms with Crippen LogP contribution in [0.4, 0.5) is 5.69 Å². The number of nitrogens with two attached hydrogens (primary N) is 1. The molecule has 0 aliphatic heterocycles. The largest absolute Gasteiger partial charge is 0.368 e. The van der Waals surface area contributed by atoms with Crippen LogP contribution in [-0.4, -0.2) is 10.9 Å². The summed E-state index contributed by atoms with van der Waals surface area (Å²) in [4.78, 5) is 15.9. The zero-order valence-electron chi connectivity index (χ0n) is 10.4. The lowest BCUT2D eigenvalue weighted by atomic mass is 9.92. The van der Waals surface area contributed by atoms with Crippen molar-refractivity contribution >= 4 is 27.5 Å². The maximum atomic E-state index is 11.8. The standard InChI is InChI=1S/C14H14BrN3O/c1-14(13(16)19,10-4-3-7-17-9-10)18-12-6-2-5-11(15)8-12/h2-9,18H,1H3,(H2,16,19). The molecule has 4 nitrogen and oxygen atoms in total. The number of benzene rings is 1. The molecule has 0 fully saturated rings. The minimum absolute atomic E-state index is 0.458. The van der Waals surface area contributed by atoms with E-state index >= 15 is 0 Å². The fourth-order valence-corrected chi connectivity index (χ4v) is 2.19. The number of aromatic nitrogens is 1. The summed E-state index contributed by atoms with van der Waals surface area (Å²) < 4.78 is 0.926. The molecule has 2 aromatic rings. The molecule has 0 spiro atoms. The van der Waals surface area contributed by atoms with Crippen molar-refractivity contribution in [3.8, 4) is 0 Å². The van der Waals surface area contributed by atoms with Gasteiger partial charge in [0.15, 0.2) is 0 Å². The number of nitrogens with zero attached hydrogens (tertiary/aromatic N) is 1. The van der Waals surface area contributed by atoms with Gasteiger partial charge in [0, 0.05) is 28.1 Å². The highest BCUT2D eigenvalue weighted by molar-refractivity contribution is 9.10. The van der Waals surface area contributed by atoms with Gasteiger partial charge < -0.3 is 11.1 Å². The van der Waals surface area contributed by atoms with Gasteiger partial charge in [0.2, 0.25) is 5.91 Å². The number of hydrogen-bond acceptors (Lipinski definition) is 3. The first-order valence-electron chi connectivity index (χ1n) is 5.76. The second-order valence-electron chi connectivity index (χ2n) is 4.37. The lowest BCUT2D eigenvalue weighted by Crippen LogP contribution is -2.45. The maximum Gasteiger partial charge on any atom is 0.247 e. The lowest BCUT2D eigenvalue weighted by molar-refractivity contribution is -0.122. The average molecular weight is 320 g/mol. The van der Waals surface area contributed by atoms with Crippen LogP contribution >= 0.6 is 15.9 Å². The quantitative estimate of drug-likeness (QED) is 0.910. The van der Waals surface area contributed by atoms with Crippen LogP contribution in [0.1, 0.15) is 12.5 Å². The van der Waals surface area contributed by atoms with Crippen LogP contribution in [0.2, 0.25) is 0 Å². The Hall–Kier alpha value is -1.88. The Morgan fingerprint density at radius 1 is 1.37 bits per heavy atom. The van der Waals surface area contributed by atoms with Crippen molar-refractivity contribution in [2.45, 2.75) is 12.5 Å². The molecule has 0 aliphatic rings. The third kappa shape index (κ3) is 2.93. The molecule has 19 heavy (non-hydrogen) atoms. The molecule has 1 aromatic heterocycles. The maximum absolute atomic E-state index is 11.8. The molecule has 0 saturated carbocycles. The van der Waals surface area contributed by atoms with Crippen molar-refractivity contribution in [3.63, 3.8) is 0 Å². The molecule has 0 radical (unpaired) electrons. The molecular weight excluding hydrogens is 306 g/mol. The highest BCUT2D eigenvalue weighted by Crippen LogP contribution is 2.26. The molecule has 1 amide bonds. The molecule has 1 unspecified atom stereocenters. The van der Waals surface area contributed by atoms with Gasteiger partial charge in [-0.2, -0.15) is 0 Å². The van der Waals surface area contributed by atoms with Gasteiger partial charge in [-0.05, 0) is 31.2 Å². The molecular formula is C14H14BrN3O. The third-order valence-corrected chi connectivity index (χ3v) is 3.44. The second kappa shape index (κ2) is 5.40. The molecule has 98 valence electrons. The minimum atomic E-state index is -1.00. The Morgan fingerprint density at radius 2 is 2.16 bits per heavy atom. The number of carbonyl (C=O) groups excluding carboxylic acids is 1. The van der Waals surface area contributed by atoms with E-state index in [4.69, 9.17) is 5.73 Å². The van der Waals surface area contributed by atoms with Crippen molar-refractivity contribution in [1.82, 2.24) is 4.98 Å².